The van der Waals surface area contributed by atoms with Crippen LogP contribution in [0.25, 0.3) is 0 Å². The lowest BCUT2D eigenvalue weighted by atomic mass is 10.2. The first-order chi connectivity index (χ1) is 7.84. The highest BCUT2D eigenvalue weighted by molar-refractivity contribution is 7.90. The fourth-order valence-electron chi connectivity index (χ4n) is 1.09. The Morgan fingerprint density at radius 3 is 2.59 bits per heavy atom. The smallest absolute Gasteiger partial charge is 0.241 e. The summed E-state index contributed by atoms with van der Waals surface area (Å²) in [5, 5.41) is 2.52. The van der Waals surface area contributed by atoms with Gasteiger partial charge in [-0.3, -0.25) is 4.79 Å². The van der Waals surface area contributed by atoms with E-state index in [1.54, 1.807) is 6.92 Å². The Balaban J connectivity index is 2.79. The Labute approximate surface area is 100 Å². The Kier molecular flexibility index (Phi) is 4.19. The van der Waals surface area contributed by atoms with Crippen molar-refractivity contribution in [2.24, 2.45) is 5.73 Å². The highest BCUT2D eigenvalue weighted by Crippen LogP contribution is 2.10. The van der Waals surface area contributed by atoms with Crippen LogP contribution in [0.2, 0.25) is 0 Å². The van der Waals surface area contributed by atoms with Crippen LogP contribution in [0.1, 0.15) is 13.3 Å². The van der Waals surface area contributed by atoms with Gasteiger partial charge in [0, 0.05) is 6.26 Å². The zero-order chi connectivity index (χ0) is 13.1. The van der Waals surface area contributed by atoms with Crippen LogP contribution in [0.5, 0.6) is 0 Å². The lowest BCUT2D eigenvalue weighted by Gasteiger charge is -2.09. The first kappa shape index (κ1) is 13.6. The van der Waals surface area contributed by atoms with E-state index in [1.165, 1.54) is 18.3 Å². The molecule has 0 aliphatic heterocycles. The molecule has 1 aromatic rings. The number of pyridine rings is 1. The summed E-state index contributed by atoms with van der Waals surface area (Å²) in [6.45, 7) is 1.80. The number of nitrogens with zero attached hydrogens (tertiary/aromatic N) is 1. The molecule has 0 aliphatic rings. The molecule has 7 heteroatoms. The lowest BCUT2D eigenvalue weighted by molar-refractivity contribution is -0.117. The molecule has 0 spiro atoms. The number of hydrogen-bond donors (Lipinski definition) is 2. The second-order valence-corrected chi connectivity index (χ2v) is 5.62. The van der Waals surface area contributed by atoms with Crippen molar-refractivity contribution in [3.8, 4) is 0 Å². The van der Waals surface area contributed by atoms with E-state index in [2.05, 4.69) is 10.3 Å². The normalized spacial score (nSPS) is 13.1. The maximum Gasteiger partial charge on any atom is 0.241 e. The predicted molar refractivity (Wildman–Crippen MR) is 64.2 cm³/mol. The van der Waals surface area contributed by atoms with Gasteiger partial charge in [0.2, 0.25) is 5.91 Å². The van der Waals surface area contributed by atoms with Gasteiger partial charge < -0.3 is 11.1 Å². The number of nitrogens with one attached hydrogen (secondary N) is 1. The van der Waals surface area contributed by atoms with Crippen LogP contribution in [-0.4, -0.2) is 31.6 Å². The Hall–Kier alpha value is -1.47. The highest BCUT2D eigenvalue weighted by Gasteiger charge is 2.12. The van der Waals surface area contributed by atoms with E-state index in [9.17, 15) is 13.2 Å². The van der Waals surface area contributed by atoms with Gasteiger partial charge in [-0.1, -0.05) is 6.92 Å². The van der Waals surface area contributed by atoms with E-state index >= 15 is 0 Å². The van der Waals surface area contributed by atoms with Crippen molar-refractivity contribution in [2.45, 2.75) is 24.4 Å². The largest absolute Gasteiger partial charge is 0.323 e. The Morgan fingerprint density at radius 2 is 2.18 bits per heavy atom. The summed E-state index contributed by atoms with van der Waals surface area (Å²) in [6.07, 6.45) is 2.89. The van der Waals surface area contributed by atoms with Crippen LogP contribution < -0.4 is 11.1 Å². The molecule has 1 unspecified atom stereocenters. The van der Waals surface area contributed by atoms with Crippen molar-refractivity contribution in [2.75, 3.05) is 11.6 Å². The molecule has 1 aromatic heterocycles. The van der Waals surface area contributed by atoms with Crippen molar-refractivity contribution in [3.63, 3.8) is 0 Å². The number of rotatable bonds is 4. The molecule has 3 N–H and O–H groups in total. The van der Waals surface area contributed by atoms with Gasteiger partial charge in [-0.15, -0.1) is 0 Å². The summed E-state index contributed by atoms with van der Waals surface area (Å²) in [4.78, 5) is 15.2. The molecule has 0 saturated carbocycles. The van der Waals surface area contributed by atoms with Gasteiger partial charge in [0.25, 0.3) is 0 Å². The number of hydrogen-bond acceptors (Lipinski definition) is 5. The van der Waals surface area contributed by atoms with Crippen LogP contribution in [-0.2, 0) is 14.6 Å². The third-order valence-electron chi connectivity index (χ3n) is 2.16. The molecule has 6 nitrogen and oxygen atoms in total. The molecule has 0 saturated heterocycles. The monoisotopic (exact) mass is 257 g/mol. The first-order valence-electron chi connectivity index (χ1n) is 5.07. The second kappa shape index (κ2) is 5.24. The van der Waals surface area contributed by atoms with E-state index < -0.39 is 15.9 Å². The Morgan fingerprint density at radius 1 is 1.53 bits per heavy atom. The zero-order valence-corrected chi connectivity index (χ0v) is 10.5. The van der Waals surface area contributed by atoms with Crippen molar-refractivity contribution in [3.05, 3.63) is 18.3 Å². The van der Waals surface area contributed by atoms with E-state index in [0.717, 1.165) is 6.26 Å². The summed E-state index contributed by atoms with van der Waals surface area (Å²) in [5.74, 6) is -0.318. The van der Waals surface area contributed by atoms with E-state index in [4.69, 9.17) is 5.73 Å². The molecule has 1 atom stereocenters. The number of carbonyl (C=O) groups is 1. The summed E-state index contributed by atoms with van der Waals surface area (Å²) in [5.41, 5.74) is 5.96. The topological polar surface area (TPSA) is 102 Å². The molecule has 1 heterocycles. The van der Waals surface area contributed by atoms with E-state index in [1.807, 2.05) is 0 Å². The van der Waals surface area contributed by atoms with Crippen molar-refractivity contribution < 1.29 is 13.2 Å². The zero-order valence-electron chi connectivity index (χ0n) is 9.67. The molecule has 1 amide bonds. The van der Waals surface area contributed by atoms with Gasteiger partial charge in [-0.05, 0) is 18.6 Å². The third kappa shape index (κ3) is 3.79. The number of carbonyl (C=O) groups excluding carboxylic acids is 1. The molecular weight excluding hydrogens is 242 g/mol. The van der Waals surface area contributed by atoms with Crippen molar-refractivity contribution in [1.29, 1.82) is 0 Å². The number of amides is 1. The molecule has 17 heavy (non-hydrogen) atoms. The van der Waals surface area contributed by atoms with E-state index in [-0.39, 0.29) is 10.9 Å². The van der Waals surface area contributed by atoms with Crippen molar-refractivity contribution >= 4 is 21.4 Å². The maximum atomic E-state index is 11.4. The quantitative estimate of drug-likeness (QED) is 0.800. The number of nitrogens with two attached hydrogens (primary N) is 1. The molecule has 0 bridgehead atoms. The summed E-state index contributed by atoms with van der Waals surface area (Å²) >= 11 is 0. The average molecular weight is 257 g/mol. The minimum atomic E-state index is -3.32. The molecule has 0 radical (unpaired) electrons. The molecule has 94 valence electrons. The fraction of sp³-hybridized carbons (Fsp3) is 0.400. The molecule has 1 rings (SSSR count). The van der Waals surface area contributed by atoms with Gasteiger partial charge >= 0.3 is 0 Å². The van der Waals surface area contributed by atoms with Gasteiger partial charge in [0.05, 0.1) is 17.9 Å². The number of aromatic nitrogens is 1. The standard InChI is InChI=1S/C10H15N3O3S/c1-3-8(11)10(14)13-7-4-5-9(12-6-7)17(2,15)16/h4-6,8H,3,11H2,1-2H3,(H,13,14). The van der Waals surface area contributed by atoms with Crippen LogP contribution in [0.4, 0.5) is 5.69 Å². The van der Waals surface area contributed by atoms with Gasteiger partial charge in [0.1, 0.15) is 0 Å². The van der Waals surface area contributed by atoms with Gasteiger partial charge in [-0.25, -0.2) is 13.4 Å². The lowest BCUT2D eigenvalue weighted by Crippen LogP contribution is -2.34. The second-order valence-electron chi connectivity index (χ2n) is 3.66. The Bertz CT molecular complexity index is 496. The summed E-state index contributed by atoms with van der Waals surface area (Å²) in [7, 11) is -3.32. The molecule has 0 fully saturated rings. The molecular formula is C10H15N3O3S. The van der Waals surface area contributed by atoms with E-state index in [0.29, 0.717) is 12.1 Å². The van der Waals surface area contributed by atoms with Gasteiger partial charge in [0.15, 0.2) is 14.9 Å². The van der Waals surface area contributed by atoms with Crippen LogP contribution in [0.3, 0.4) is 0 Å². The van der Waals surface area contributed by atoms with Crippen molar-refractivity contribution in [1.82, 2.24) is 4.98 Å². The minimum absolute atomic E-state index is 0.0321. The number of anilines is 1. The summed E-state index contributed by atoms with van der Waals surface area (Å²) < 4.78 is 22.3. The number of sulfone groups is 1. The summed E-state index contributed by atoms with van der Waals surface area (Å²) in [6, 6.07) is 2.23. The molecule has 0 aromatic carbocycles. The predicted octanol–water partition coefficient (Wildman–Crippen LogP) is 0.161. The van der Waals surface area contributed by atoms with Gasteiger partial charge in [-0.2, -0.15) is 0 Å². The fourth-order valence-corrected chi connectivity index (χ4v) is 1.65. The average Bonchev–Trinajstić information content (AvgIpc) is 2.27. The van der Waals surface area contributed by atoms with Crippen LogP contribution in [0, 0.1) is 0 Å². The van der Waals surface area contributed by atoms with Crippen LogP contribution >= 0.6 is 0 Å². The first-order valence-corrected chi connectivity index (χ1v) is 6.96. The maximum absolute atomic E-state index is 11.4. The SMILES string of the molecule is CCC(N)C(=O)Nc1ccc(S(C)(=O)=O)nc1. The van der Waals surface area contributed by atoms with Crippen LogP contribution in [0.15, 0.2) is 23.4 Å². The highest BCUT2D eigenvalue weighted by atomic mass is 32.2. The third-order valence-corrected chi connectivity index (χ3v) is 3.16. The molecule has 0 aliphatic carbocycles. The minimum Gasteiger partial charge on any atom is -0.323 e.